The molecular weight excluding hydrogens is 486 g/mol. The minimum absolute atomic E-state index is 0.226. The Hall–Kier alpha value is 0.0200. The van der Waals surface area contributed by atoms with Crippen LogP contribution in [0, 0.1) is 0 Å². The summed E-state index contributed by atoms with van der Waals surface area (Å²) >= 11 is 12.6. The van der Waals surface area contributed by atoms with E-state index in [1.54, 1.807) is 12.1 Å². The van der Waals surface area contributed by atoms with E-state index in [-0.39, 0.29) is 25.0 Å². The van der Waals surface area contributed by atoms with Crippen molar-refractivity contribution in [2.75, 3.05) is 0 Å². The minimum Gasteiger partial charge on any atom is -0.349 e. The monoisotopic (exact) mass is 485 g/mol. The van der Waals surface area contributed by atoms with Crippen LogP contribution in [0.3, 0.4) is 0 Å². The van der Waals surface area contributed by atoms with Gasteiger partial charge < -0.3 is 4.98 Å². The minimum atomic E-state index is -0.266. The lowest BCUT2D eigenvalue weighted by Crippen LogP contribution is -2.16. The number of Topliss-reactive ketones (excluding diaryl/α,β-unsaturated/α-hetero) is 2. The molecule has 2 rings (SSSR count). The molecule has 0 unspecified atom stereocenters. The maximum absolute atomic E-state index is 12.1. The van der Waals surface area contributed by atoms with Gasteiger partial charge in [0, 0.05) is 0 Å². The van der Waals surface area contributed by atoms with Crippen molar-refractivity contribution in [2.24, 2.45) is 0 Å². The van der Waals surface area contributed by atoms with Gasteiger partial charge in [-0.05, 0) is 75.9 Å². The van der Waals surface area contributed by atoms with E-state index in [1.165, 1.54) is 0 Å². The maximum Gasteiger partial charge on any atom is 0.209 e. The summed E-state index contributed by atoms with van der Waals surface area (Å²) in [5.41, 5.74) is 0.898. The normalized spacial score (nSPS) is 17.2. The Morgan fingerprint density at radius 3 is 1.94 bits per heavy atom. The van der Waals surface area contributed by atoms with Crippen molar-refractivity contribution >= 4 is 80.9 Å². The molecule has 0 saturated carbocycles. The highest BCUT2D eigenvalue weighted by Crippen LogP contribution is 2.38. The number of aromatic nitrogens is 1. The number of carbonyl (C=O) groups excluding carboxylic acids is 2. The van der Waals surface area contributed by atoms with E-state index < -0.39 is 0 Å². The van der Waals surface area contributed by atoms with Crippen molar-refractivity contribution in [3.05, 3.63) is 35.9 Å². The van der Waals surface area contributed by atoms with Gasteiger partial charge in [0.2, 0.25) is 11.6 Å². The Morgan fingerprint density at radius 2 is 1.41 bits per heavy atom. The molecule has 3 nitrogen and oxygen atoms in total. The van der Waals surface area contributed by atoms with Gasteiger partial charge in [0.15, 0.2) is 0 Å². The molecule has 0 atom stereocenters. The highest BCUT2D eigenvalue weighted by molar-refractivity contribution is 9.15. The van der Waals surface area contributed by atoms with Crippen LogP contribution in [0.5, 0.6) is 0 Å². The predicted molar refractivity (Wildman–Crippen MR) is 79.2 cm³/mol. The van der Waals surface area contributed by atoms with E-state index in [2.05, 4.69) is 68.7 Å². The average molecular weight is 489 g/mol. The molecule has 1 aromatic rings. The van der Waals surface area contributed by atoms with Crippen LogP contribution in [0.4, 0.5) is 0 Å². The predicted octanol–water partition coefficient (Wildman–Crippen LogP) is 4.04. The number of halogens is 4. The van der Waals surface area contributed by atoms with Crippen molar-refractivity contribution in [3.63, 3.8) is 0 Å². The standard InChI is InChI=1S/C10H3Br4NO2/c11-4-2-1-3(15-4)5-6(12)10(17)8(14)7(13)9(5)16/h1-2,15H. The Balaban J connectivity index is 2.61. The molecule has 88 valence electrons. The van der Waals surface area contributed by atoms with Gasteiger partial charge >= 0.3 is 0 Å². The fraction of sp³-hybridized carbons (Fsp3) is 0. The lowest BCUT2D eigenvalue weighted by Gasteiger charge is -2.14. The number of hydrogen-bond acceptors (Lipinski definition) is 2. The third-order valence-corrected chi connectivity index (χ3v) is 5.42. The summed E-state index contributed by atoms with van der Waals surface area (Å²) in [6, 6.07) is 3.49. The lowest BCUT2D eigenvalue weighted by molar-refractivity contribution is -0.113. The molecule has 0 radical (unpaired) electrons. The summed E-state index contributed by atoms with van der Waals surface area (Å²) in [6.45, 7) is 0. The zero-order chi connectivity index (χ0) is 12.7. The highest BCUT2D eigenvalue weighted by atomic mass is 79.9. The summed E-state index contributed by atoms with van der Waals surface area (Å²) in [7, 11) is 0. The molecule has 0 fully saturated rings. The van der Waals surface area contributed by atoms with Crippen LogP contribution < -0.4 is 0 Å². The van der Waals surface area contributed by atoms with Gasteiger partial charge in [-0.3, -0.25) is 9.59 Å². The second-order valence-electron chi connectivity index (χ2n) is 3.20. The summed E-state index contributed by atoms with van der Waals surface area (Å²) in [5.74, 6) is -0.519. The fourth-order valence-corrected chi connectivity index (χ4v) is 3.33. The number of aromatic amines is 1. The SMILES string of the molecule is O=C1C(Br)=C(Br)C(=O)C(c2ccc(Br)[nH]2)=C1Br. The molecule has 1 aliphatic rings. The lowest BCUT2D eigenvalue weighted by atomic mass is 10.0. The maximum atomic E-state index is 12.1. The van der Waals surface area contributed by atoms with Gasteiger partial charge in [-0.1, -0.05) is 0 Å². The third kappa shape index (κ3) is 2.30. The molecule has 1 aliphatic carbocycles. The molecule has 0 spiro atoms. The molecular formula is C10H3Br4NO2. The second-order valence-corrected chi connectivity index (χ2v) is 6.43. The van der Waals surface area contributed by atoms with Crippen molar-refractivity contribution in [2.45, 2.75) is 0 Å². The number of nitrogens with one attached hydrogen (secondary N) is 1. The van der Waals surface area contributed by atoms with Gasteiger partial charge in [0.25, 0.3) is 0 Å². The van der Waals surface area contributed by atoms with E-state index in [0.29, 0.717) is 11.3 Å². The van der Waals surface area contributed by atoms with Crippen molar-refractivity contribution < 1.29 is 9.59 Å². The van der Waals surface area contributed by atoms with Gasteiger partial charge in [0.05, 0.1) is 29.3 Å². The first-order valence-electron chi connectivity index (χ1n) is 4.32. The van der Waals surface area contributed by atoms with Gasteiger partial charge in [-0.25, -0.2) is 0 Å². The molecule has 0 amide bonds. The van der Waals surface area contributed by atoms with Crippen LogP contribution in [0.15, 0.2) is 30.2 Å². The summed E-state index contributed by atoms with van der Waals surface area (Å²) < 4.78 is 1.44. The smallest absolute Gasteiger partial charge is 0.209 e. The van der Waals surface area contributed by atoms with Crippen LogP contribution in [0.25, 0.3) is 5.57 Å². The molecule has 0 aromatic carbocycles. The molecule has 1 N–H and O–H groups in total. The van der Waals surface area contributed by atoms with Gasteiger partial charge in [0.1, 0.15) is 0 Å². The van der Waals surface area contributed by atoms with E-state index in [0.717, 1.165) is 4.60 Å². The number of hydrogen-bond donors (Lipinski definition) is 1. The number of H-pyrrole nitrogens is 1. The Kier molecular flexibility index (Phi) is 3.92. The van der Waals surface area contributed by atoms with E-state index in [9.17, 15) is 9.59 Å². The number of rotatable bonds is 1. The van der Waals surface area contributed by atoms with Crippen LogP contribution in [-0.4, -0.2) is 16.6 Å². The largest absolute Gasteiger partial charge is 0.349 e. The first-order valence-corrected chi connectivity index (χ1v) is 7.50. The van der Waals surface area contributed by atoms with E-state index in [1.807, 2.05) is 0 Å². The molecule has 17 heavy (non-hydrogen) atoms. The van der Waals surface area contributed by atoms with Crippen molar-refractivity contribution in [1.29, 1.82) is 0 Å². The quantitative estimate of drug-likeness (QED) is 0.607. The van der Waals surface area contributed by atoms with Crippen molar-refractivity contribution in [1.82, 2.24) is 4.98 Å². The zero-order valence-electron chi connectivity index (χ0n) is 7.98. The Bertz CT molecular complexity index is 597. The molecule has 0 saturated heterocycles. The van der Waals surface area contributed by atoms with Crippen LogP contribution in [-0.2, 0) is 9.59 Å². The first kappa shape index (κ1) is 13.5. The molecule has 1 heterocycles. The summed E-state index contributed by atoms with van der Waals surface area (Å²) in [4.78, 5) is 26.9. The summed E-state index contributed by atoms with van der Waals surface area (Å²) in [6.07, 6.45) is 0. The third-order valence-electron chi connectivity index (χ3n) is 2.16. The second kappa shape index (κ2) is 4.95. The van der Waals surface area contributed by atoms with E-state index >= 15 is 0 Å². The van der Waals surface area contributed by atoms with Crippen LogP contribution >= 0.6 is 63.7 Å². The topological polar surface area (TPSA) is 49.9 Å². The highest BCUT2D eigenvalue weighted by Gasteiger charge is 2.32. The first-order chi connectivity index (χ1) is 7.93. The van der Waals surface area contributed by atoms with Crippen molar-refractivity contribution in [3.8, 4) is 0 Å². The number of ketones is 2. The average Bonchev–Trinajstić information content (AvgIpc) is 2.71. The molecule has 0 bridgehead atoms. The molecule has 7 heteroatoms. The summed E-state index contributed by atoms with van der Waals surface area (Å²) in [5, 5.41) is 0. The van der Waals surface area contributed by atoms with Gasteiger partial charge in [-0.15, -0.1) is 0 Å². The van der Waals surface area contributed by atoms with E-state index in [4.69, 9.17) is 0 Å². The number of allylic oxidation sites excluding steroid dienone is 4. The fourth-order valence-electron chi connectivity index (χ4n) is 1.37. The van der Waals surface area contributed by atoms with Crippen LogP contribution in [0.2, 0.25) is 0 Å². The number of carbonyl (C=O) groups is 2. The van der Waals surface area contributed by atoms with Crippen LogP contribution in [0.1, 0.15) is 5.69 Å². The Labute approximate surface area is 130 Å². The zero-order valence-corrected chi connectivity index (χ0v) is 14.3. The Morgan fingerprint density at radius 1 is 0.824 bits per heavy atom. The molecule has 0 aliphatic heterocycles. The van der Waals surface area contributed by atoms with Gasteiger partial charge in [-0.2, -0.15) is 0 Å². The molecule has 1 aromatic heterocycles.